The van der Waals surface area contributed by atoms with Gasteiger partial charge in [0, 0.05) is 6.54 Å². The van der Waals surface area contributed by atoms with Crippen molar-refractivity contribution in [2.45, 2.75) is 12.8 Å². The molecule has 0 bridgehead atoms. The molecule has 0 aromatic carbocycles. The van der Waals surface area contributed by atoms with Gasteiger partial charge in [0.25, 0.3) is 0 Å². The van der Waals surface area contributed by atoms with E-state index in [9.17, 15) is 4.48 Å². The number of hydrogen-bond donors (Lipinski definition) is 2. The summed E-state index contributed by atoms with van der Waals surface area (Å²) in [6.45, 7) is 1.08. The Labute approximate surface area is 42.8 Å². The molecule has 0 atom stereocenters. The first-order chi connectivity index (χ1) is 3.41. The van der Waals surface area contributed by atoms with Gasteiger partial charge in [-0.3, -0.25) is 0 Å². The van der Waals surface area contributed by atoms with E-state index in [1.165, 1.54) is 0 Å². The van der Waals surface area contributed by atoms with E-state index < -0.39 is 0 Å². The first-order valence-electron chi connectivity index (χ1n) is 2.45. The van der Waals surface area contributed by atoms with Gasteiger partial charge in [0.05, 0.1) is 0 Å². The smallest absolute Gasteiger partial charge is 0.0260 e. The van der Waals surface area contributed by atoms with E-state index in [1.54, 1.807) is 5.54 Å². The molecule has 0 aliphatic heterocycles. The van der Waals surface area contributed by atoms with E-state index in [4.69, 9.17) is 5.73 Å². The minimum atomic E-state index is 0.428. The van der Waals surface area contributed by atoms with Gasteiger partial charge in [0.15, 0.2) is 0 Å². The Balaban J connectivity index is 2.45. The topological polar surface area (TPSA) is 38.0 Å². The zero-order valence-electron chi connectivity index (χ0n) is 4.28. The fourth-order valence-electron chi connectivity index (χ4n) is 0.336. The third kappa shape index (κ3) is 5.85. The zero-order chi connectivity index (χ0) is 5.54. The van der Waals surface area contributed by atoms with Crippen LogP contribution in [-0.4, -0.2) is 13.1 Å². The monoisotopic (exact) mass is 106 g/mol. The fraction of sp³-hybridized carbons (Fsp3) is 1.00. The average Bonchev–Trinajstić information content (AvgIpc) is 1.69. The third-order valence-electron chi connectivity index (χ3n) is 0.725. The first-order valence-corrected chi connectivity index (χ1v) is 2.45. The molecule has 0 saturated heterocycles. The van der Waals surface area contributed by atoms with Crippen LogP contribution in [0.5, 0.6) is 0 Å². The molecule has 0 heterocycles. The van der Waals surface area contributed by atoms with Crippen LogP contribution in [0.3, 0.4) is 0 Å². The Kier molecular flexibility index (Phi) is 5.72. The van der Waals surface area contributed by atoms with Gasteiger partial charge in [-0.15, -0.1) is 4.48 Å². The van der Waals surface area contributed by atoms with Crippen LogP contribution in [0.25, 0.3) is 0 Å². The first kappa shape index (κ1) is 6.85. The number of nitrogens with one attached hydrogen (secondary N) is 1. The lowest BCUT2D eigenvalue weighted by Crippen LogP contribution is -2.05. The van der Waals surface area contributed by atoms with E-state index in [2.05, 4.69) is 0 Å². The second kappa shape index (κ2) is 5.85. The van der Waals surface area contributed by atoms with Gasteiger partial charge in [-0.2, -0.15) is 5.54 Å². The number of halogens is 1. The Morgan fingerprint density at radius 1 is 1.43 bits per heavy atom. The van der Waals surface area contributed by atoms with Crippen molar-refractivity contribution < 1.29 is 4.48 Å². The normalized spacial score (nSPS) is 9.43. The lowest BCUT2D eigenvalue weighted by Gasteiger charge is -1.90. The van der Waals surface area contributed by atoms with Crippen molar-refractivity contribution in [3.63, 3.8) is 0 Å². The molecule has 7 heavy (non-hydrogen) atoms. The minimum Gasteiger partial charge on any atom is -0.330 e. The molecule has 0 spiro atoms. The molecule has 0 fully saturated rings. The van der Waals surface area contributed by atoms with Crippen molar-refractivity contribution in [2.24, 2.45) is 5.73 Å². The maximum atomic E-state index is 11.0. The SMILES string of the molecule is NCCCCNF. The van der Waals surface area contributed by atoms with Crippen molar-refractivity contribution in [3.8, 4) is 0 Å². The summed E-state index contributed by atoms with van der Waals surface area (Å²) in [6, 6.07) is 0. The Bertz CT molecular complexity index is 28.9. The summed E-state index contributed by atoms with van der Waals surface area (Å²) in [5, 5.41) is 0. The van der Waals surface area contributed by atoms with Gasteiger partial charge in [-0.25, -0.2) is 0 Å². The number of rotatable bonds is 4. The summed E-state index contributed by atoms with van der Waals surface area (Å²) in [5.41, 5.74) is 6.67. The third-order valence-corrected chi connectivity index (χ3v) is 0.725. The van der Waals surface area contributed by atoms with Crippen molar-refractivity contribution >= 4 is 0 Å². The summed E-state index contributed by atoms with van der Waals surface area (Å²) in [4.78, 5) is 0. The molecule has 0 radical (unpaired) electrons. The molecule has 0 aromatic rings. The highest BCUT2D eigenvalue weighted by Gasteiger charge is 1.80. The Morgan fingerprint density at radius 2 is 2.14 bits per heavy atom. The molecule has 0 rings (SSSR count). The van der Waals surface area contributed by atoms with Gasteiger partial charge in [-0.1, -0.05) is 0 Å². The summed E-state index contributed by atoms with van der Waals surface area (Å²) in [7, 11) is 0. The van der Waals surface area contributed by atoms with Crippen LogP contribution in [-0.2, 0) is 0 Å². The van der Waals surface area contributed by atoms with Crippen molar-refractivity contribution in [1.29, 1.82) is 0 Å². The second-order valence-electron chi connectivity index (χ2n) is 1.38. The maximum Gasteiger partial charge on any atom is 0.0260 e. The number of hydrogen-bond acceptors (Lipinski definition) is 2. The Hall–Kier alpha value is -0.150. The summed E-state index contributed by atoms with van der Waals surface area (Å²) in [6.07, 6.45) is 1.73. The van der Waals surface area contributed by atoms with Crippen molar-refractivity contribution in [3.05, 3.63) is 0 Å². The molecule has 0 unspecified atom stereocenters. The molecule has 3 heteroatoms. The van der Waals surface area contributed by atoms with Crippen LogP contribution in [0.1, 0.15) is 12.8 Å². The maximum absolute atomic E-state index is 11.0. The average molecular weight is 106 g/mol. The summed E-state index contributed by atoms with van der Waals surface area (Å²) >= 11 is 0. The Morgan fingerprint density at radius 3 is 2.57 bits per heavy atom. The lowest BCUT2D eigenvalue weighted by molar-refractivity contribution is 0.330. The number of unbranched alkanes of at least 4 members (excludes halogenated alkanes) is 1. The molecule has 0 saturated carbocycles. The molecule has 3 N–H and O–H groups in total. The minimum absolute atomic E-state index is 0.428. The second-order valence-corrected chi connectivity index (χ2v) is 1.38. The predicted molar refractivity (Wildman–Crippen MR) is 27.4 cm³/mol. The van der Waals surface area contributed by atoms with Crippen LogP contribution in [0.4, 0.5) is 4.48 Å². The molecule has 0 aromatic heterocycles. The predicted octanol–water partition coefficient (Wildman–Crippen LogP) is 0.199. The molecular formula is C4H11FN2. The highest BCUT2D eigenvalue weighted by molar-refractivity contribution is 4.39. The van der Waals surface area contributed by atoms with Gasteiger partial charge in [0.2, 0.25) is 0 Å². The van der Waals surface area contributed by atoms with E-state index in [-0.39, 0.29) is 0 Å². The van der Waals surface area contributed by atoms with E-state index in [0.717, 1.165) is 12.8 Å². The van der Waals surface area contributed by atoms with Gasteiger partial charge < -0.3 is 5.73 Å². The molecule has 0 aliphatic carbocycles. The van der Waals surface area contributed by atoms with Crippen LogP contribution in [0.2, 0.25) is 0 Å². The van der Waals surface area contributed by atoms with Crippen molar-refractivity contribution in [1.82, 2.24) is 5.54 Å². The summed E-state index contributed by atoms with van der Waals surface area (Å²) in [5.74, 6) is 0. The summed E-state index contributed by atoms with van der Waals surface area (Å²) < 4.78 is 11.0. The molecule has 0 aliphatic rings. The van der Waals surface area contributed by atoms with Gasteiger partial charge in [0.1, 0.15) is 0 Å². The lowest BCUT2D eigenvalue weighted by atomic mass is 10.3. The number of nitrogens with two attached hydrogens (primary N) is 1. The highest BCUT2D eigenvalue weighted by Crippen LogP contribution is 1.80. The fourth-order valence-corrected chi connectivity index (χ4v) is 0.336. The van der Waals surface area contributed by atoms with Crippen LogP contribution in [0, 0.1) is 0 Å². The highest BCUT2D eigenvalue weighted by atomic mass is 19.2. The van der Waals surface area contributed by atoms with Crippen LogP contribution in [0.15, 0.2) is 0 Å². The van der Waals surface area contributed by atoms with E-state index in [1.807, 2.05) is 0 Å². The molecule has 44 valence electrons. The van der Waals surface area contributed by atoms with Gasteiger partial charge >= 0.3 is 0 Å². The standard InChI is InChI=1S/C4H11FN2/c5-7-4-2-1-3-6/h7H,1-4,6H2. The van der Waals surface area contributed by atoms with E-state index in [0.29, 0.717) is 13.1 Å². The zero-order valence-corrected chi connectivity index (χ0v) is 4.28. The van der Waals surface area contributed by atoms with Crippen LogP contribution >= 0.6 is 0 Å². The van der Waals surface area contributed by atoms with Gasteiger partial charge in [-0.05, 0) is 19.4 Å². The quantitative estimate of drug-likeness (QED) is 0.397. The van der Waals surface area contributed by atoms with Crippen LogP contribution < -0.4 is 11.3 Å². The largest absolute Gasteiger partial charge is 0.330 e. The molecular weight excluding hydrogens is 95.1 g/mol. The van der Waals surface area contributed by atoms with E-state index >= 15 is 0 Å². The molecule has 0 amide bonds. The molecule has 2 nitrogen and oxygen atoms in total. The van der Waals surface area contributed by atoms with Crippen molar-refractivity contribution in [2.75, 3.05) is 13.1 Å².